The largest absolute Gasteiger partial charge is 0.352 e. The highest BCUT2D eigenvalue weighted by molar-refractivity contribution is 7.90. The van der Waals surface area contributed by atoms with E-state index in [2.05, 4.69) is 15.0 Å². The van der Waals surface area contributed by atoms with Crippen molar-refractivity contribution >= 4 is 27.5 Å². The number of carbonyl (C=O) groups excluding carboxylic acids is 1. The number of amides is 1. The minimum absolute atomic E-state index is 0.00424. The van der Waals surface area contributed by atoms with Gasteiger partial charge in [0.05, 0.1) is 5.69 Å². The van der Waals surface area contributed by atoms with Crippen LogP contribution in [0.1, 0.15) is 44.1 Å². The molecule has 1 aliphatic carbocycles. The Morgan fingerprint density at radius 2 is 1.72 bits per heavy atom. The van der Waals surface area contributed by atoms with Gasteiger partial charge in [-0.2, -0.15) is 8.42 Å². The number of benzene rings is 2. The molecule has 6 nitrogen and oxygen atoms in total. The van der Waals surface area contributed by atoms with E-state index in [9.17, 15) is 13.2 Å². The second-order valence-corrected chi connectivity index (χ2v) is 9.53. The fraction of sp³-hybridized carbons (Fsp3) is 0.364. The summed E-state index contributed by atoms with van der Waals surface area (Å²) in [7, 11) is -3.71. The van der Waals surface area contributed by atoms with Crippen molar-refractivity contribution in [3.63, 3.8) is 0 Å². The fourth-order valence-corrected chi connectivity index (χ4v) is 5.49. The van der Waals surface area contributed by atoms with Gasteiger partial charge in [-0.05, 0) is 36.0 Å². The summed E-state index contributed by atoms with van der Waals surface area (Å²) in [5, 5.41) is 6.18. The molecule has 2 aromatic carbocycles. The lowest BCUT2D eigenvalue weighted by molar-refractivity contribution is -0.123. The number of amidine groups is 1. The molecule has 0 saturated heterocycles. The first-order chi connectivity index (χ1) is 14.0. The second kappa shape index (κ2) is 7.99. The molecule has 4 rings (SSSR count). The number of hydrogen-bond acceptors (Lipinski definition) is 4. The Bertz CT molecular complexity index is 1030. The van der Waals surface area contributed by atoms with Gasteiger partial charge in [0, 0.05) is 19.4 Å². The predicted octanol–water partition coefficient (Wildman–Crippen LogP) is 3.86. The summed E-state index contributed by atoms with van der Waals surface area (Å²) in [6, 6.07) is 16.6. The van der Waals surface area contributed by atoms with Gasteiger partial charge in [0.15, 0.2) is 0 Å². The van der Waals surface area contributed by atoms with Crippen LogP contribution in [0.2, 0.25) is 0 Å². The van der Waals surface area contributed by atoms with E-state index in [0.717, 1.165) is 31.2 Å². The molecule has 1 saturated carbocycles. The first-order valence-electron chi connectivity index (χ1n) is 9.96. The third kappa shape index (κ3) is 4.50. The molecule has 29 heavy (non-hydrogen) atoms. The summed E-state index contributed by atoms with van der Waals surface area (Å²) in [5.74, 6) is 0.428. The molecule has 0 unspecified atom stereocenters. The van der Waals surface area contributed by atoms with E-state index < -0.39 is 10.0 Å². The van der Waals surface area contributed by atoms with Gasteiger partial charge in [0.1, 0.15) is 10.7 Å². The van der Waals surface area contributed by atoms with Crippen molar-refractivity contribution in [2.75, 3.05) is 5.32 Å². The average Bonchev–Trinajstić information content (AvgIpc) is 3.14. The van der Waals surface area contributed by atoms with Crippen LogP contribution in [0.15, 0.2) is 63.9 Å². The summed E-state index contributed by atoms with van der Waals surface area (Å²) < 4.78 is 29.1. The molecule has 2 N–H and O–H groups in total. The zero-order valence-electron chi connectivity index (χ0n) is 16.2. The summed E-state index contributed by atoms with van der Waals surface area (Å²) in [6.45, 7) is 0.497. The highest BCUT2D eigenvalue weighted by Gasteiger charge is 2.38. The van der Waals surface area contributed by atoms with E-state index in [1.54, 1.807) is 24.3 Å². The number of para-hydroxylation sites is 1. The van der Waals surface area contributed by atoms with E-state index in [0.29, 0.717) is 30.9 Å². The number of rotatable bonds is 6. The van der Waals surface area contributed by atoms with Gasteiger partial charge in [0.25, 0.3) is 10.0 Å². The summed E-state index contributed by atoms with van der Waals surface area (Å²) in [4.78, 5) is 12.9. The number of nitrogens with one attached hydrogen (secondary N) is 2. The Morgan fingerprint density at radius 3 is 2.48 bits per heavy atom. The van der Waals surface area contributed by atoms with E-state index in [1.807, 2.05) is 30.3 Å². The van der Waals surface area contributed by atoms with Crippen molar-refractivity contribution in [1.29, 1.82) is 0 Å². The third-order valence-corrected chi connectivity index (χ3v) is 7.12. The van der Waals surface area contributed by atoms with Crippen molar-refractivity contribution in [3.05, 3.63) is 60.2 Å². The molecule has 0 bridgehead atoms. The number of anilines is 1. The maximum Gasteiger partial charge on any atom is 0.286 e. The molecule has 1 aliphatic heterocycles. The maximum atomic E-state index is 12.7. The molecular weight excluding hydrogens is 386 g/mol. The molecule has 0 radical (unpaired) electrons. The Kier molecular flexibility index (Phi) is 5.41. The lowest BCUT2D eigenvalue weighted by Crippen LogP contribution is -2.34. The van der Waals surface area contributed by atoms with Crippen LogP contribution in [0.25, 0.3) is 0 Å². The van der Waals surface area contributed by atoms with Gasteiger partial charge >= 0.3 is 0 Å². The Balaban J connectivity index is 1.46. The molecule has 1 heterocycles. The van der Waals surface area contributed by atoms with Gasteiger partial charge in [-0.3, -0.25) is 4.79 Å². The Morgan fingerprint density at radius 1 is 1.03 bits per heavy atom. The Hall–Kier alpha value is -2.67. The predicted molar refractivity (Wildman–Crippen MR) is 113 cm³/mol. The number of nitrogens with zero attached hydrogens (tertiary/aromatic N) is 1. The SMILES string of the molecule is O=C(CC1(CC2=NS(=O)(=O)c3ccccc3N2)CCCC1)NCc1ccccc1. The third-order valence-electron chi connectivity index (χ3n) is 5.75. The normalized spacial score (nSPS) is 19.0. The van der Waals surface area contributed by atoms with Crippen molar-refractivity contribution in [3.8, 4) is 0 Å². The van der Waals surface area contributed by atoms with Crippen LogP contribution >= 0.6 is 0 Å². The standard InChI is InChI=1S/C22H25N3O3S/c26-21(23-16-17-8-2-1-3-9-17)15-22(12-6-7-13-22)14-20-24-18-10-4-5-11-19(18)29(27,28)25-20/h1-5,8-11H,6-7,12-16H2,(H,23,26)(H,24,25). The zero-order valence-corrected chi connectivity index (χ0v) is 17.0. The zero-order chi connectivity index (χ0) is 20.3. The highest BCUT2D eigenvalue weighted by Crippen LogP contribution is 2.45. The van der Waals surface area contributed by atoms with Crippen LogP contribution in [-0.4, -0.2) is 20.2 Å². The average molecular weight is 412 g/mol. The minimum Gasteiger partial charge on any atom is -0.352 e. The van der Waals surface area contributed by atoms with Crippen LogP contribution < -0.4 is 10.6 Å². The van der Waals surface area contributed by atoms with Crippen LogP contribution in [-0.2, 0) is 21.4 Å². The van der Waals surface area contributed by atoms with Crippen LogP contribution in [0.5, 0.6) is 0 Å². The maximum absolute atomic E-state index is 12.7. The molecular formula is C22H25N3O3S. The monoisotopic (exact) mass is 411 g/mol. The van der Waals surface area contributed by atoms with Gasteiger partial charge < -0.3 is 10.6 Å². The smallest absolute Gasteiger partial charge is 0.286 e. The van der Waals surface area contributed by atoms with Gasteiger partial charge in [-0.1, -0.05) is 55.3 Å². The molecule has 7 heteroatoms. The molecule has 1 amide bonds. The quantitative estimate of drug-likeness (QED) is 0.756. The molecule has 0 atom stereocenters. The van der Waals surface area contributed by atoms with Gasteiger partial charge in [-0.25, -0.2) is 0 Å². The molecule has 152 valence electrons. The molecule has 2 aromatic rings. The minimum atomic E-state index is -3.71. The summed E-state index contributed by atoms with van der Waals surface area (Å²) in [5.41, 5.74) is 1.36. The molecule has 2 aliphatic rings. The topological polar surface area (TPSA) is 87.6 Å². The van der Waals surface area contributed by atoms with Gasteiger partial charge in [0.2, 0.25) is 5.91 Å². The lowest BCUT2D eigenvalue weighted by Gasteiger charge is -2.30. The highest BCUT2D eigenvalue weighted by atomic mass is 32.2. The molecule has 0 aromatic heterocycles. The molecule has 0 spiro atoms. The lowest BCUT2D eigenvalue weighted by atomic mass is 9.78. The number of sulfonamides is 1. The van der Waals surface area contributed by atoms with E-state index in [1.165, 1.54) is 0 Å². The van der Waals surface area contributed by atoms with E-state index in [4.69, 9.17) is 0 Å². The second-order valence-electron chi connectivity index (χ2n) is 7.96. The number of hydrogen-bond donors (Lipinski definition) is 2. The number of carbonyl (C=O) groups is 1. The van der Waals surface area contributed by atoms with Crippen molar-refractivity contribution < 1.29 is 13.2 Å². The first-order valence-corrected chi connectivity index (χ1v) is 11.4. The van der Waals surface area contributed by atoms with Gasteiger partial charge in [-0.15, -0.1) is 4.40 Å². The van der Waals surface area contributed by atoms with Crippen LogP contribution in [0.3, 0.4) is 0 Å². The number of fused-ring (bicyclic) bond motifs is 1. The van der Waals surface area contributed by atoms with Crippen molar-refractivity contribution in [2.45, 2.75) is 50.0 Å². The van der Waals surface area contributed by atoms with Crippen LogP contribution in [0.4, 0.5) is 5.69 Å². The Labute approximate surface area is 171 Å². The summed E-state index contributed by atoms with van der Waals surface area (Å²) in [6.07, 6.45) is 4.72. The summed E-state index contributed by atoms with van der Waals surface area (Å²) >= 11 is 0. The van der Waals surface area contributed by atoms with Crippen molar-refractivity contribution in [1.82, 2.24) is 5.32 Å². The van der Waals surface area contributed by atoms with Crippen LogP contribution in [0, 0.1) is 5.41 Å². The van der Waals surface area contributed by atoms with Crippen molar-refractivity contribution in [2.24, 2.45) is 9.81 Å². The first kappa shape index (κ1) is 19.6. The van der Waals surface area contributed by atoms with E-state index in [-0.39, 0.29) is 16.2 Å². The molecule has 1 fully saturated rings. The fourth-order valence-electron chi connectivity index (χ4n) is 4.34. The van der Waals surface area contributed by atoms with E-state index >= 15 is 0 Å².